The highest BCUT2D eigenvalue weighted by atomic mass is 32.2. The number of rotatable bonds is 5. The first-order chi connectivity index (χ1) is 12.8. The number of thioether (sulfide) groups is 1. The highest BCUT2D eigenvalue weighted by Crippen LogP contribution is 2.30. The molecule has 0 saturated carbocycles. The Kier molecular flexibility index (Phi) is 5.46. The van der Waals surface area contributed by atoms with E-state index in [0.717, 1.165) is 33.1 Å². The van der Waals surface area contributed by atoms with Crippen LogP contribution < -0.4 is 0 Å². The molecule has 27 heavy (non-hydrogen) atoms. The van der Waals surface area contributed by atoms with Gasteiger partial charge in [-0.05, 0) is 85.9 Å². The zero-order valence-electron chi connectivity index (χ0n) is 16.6. The predicted octanol–water partition coefficient (Wildman–Crippen LogP) is 4.70. The molecular formula is C21H24N4OS. The summed E-state index contributed by atoms with van der Waals surface area (Å²) in [6.45, 7) is 11.9. The van der Waals surface area contributed by atoms with Crippen LogP contribution in [0.2, 0.25) is 0 Å². The third kappa shape index (κ3) is 3.81. The van der Waals surface area contributed by atoms with Crippen molar-refractivity contribution >= 4 is 17.5 Å². The number of aromatic nitrogens is 4. The van der Waals surface area contributed by atoms with Gasteiger partial charge in [0.15, 0.2) is 5.78 Å². The standard InChI is InChI=1S/C21H24N4OS/c1-12-7-8-19(14(3)9-12)25-21(22-23-24-25)27-11-18-13(2)10-15(4)20(16(18)5)17(6)26/h7-10H,11H2,1-6H3. The number of benzene rings is 2. The average Bonchev–Trinajstić information content (AvgIpc) is 3.02. The molecule has 0 aliphatic rings. The van der Waals surface area contributed by atoms with Gasteiger partial charge in [0.1, 0.15) is 0 Å². The van der Waals surface area contributed by atoms with Crippen molar-refractivity contribution in [2.45, 2.75) is 52.5 Å². The van der Waals surface area contributed by atoms with Crippen LogP contribution in [0.25, 0.3) is 5.69 Å². The molecule has 0 aliphatic heterocycles. The van der Waals surface area contributed by atoms with Crippen molar-refractivity contribution in [1.82, 2.24) is 20.2 Å². The summed E-state index contributed by atoms with van der Waals surface area (Å²) in [5, 5.41) is 13.0. The first-order valence-electron chi connectivity index (χ1n) is 8.89. The van der Waals surface area contributed by atoms with Gasteiger partial charge in [-0.15, -0.1) is 5.10 Å². The number of nitrogens with zero attached hydrogens (tertiary/aromatic N) is 4. The van der Waals surface area contributed by atoms with E-state index in [9.17, 15) is 4.79 Å². The first kappa shape index (κ1) is 19.3. The van der Waals surface area contributed by atoms with Gasteiger partial charge < -0.3 is 0 Å². The Balaban J connectivity index is 1.93. The van der Waals surface area contributed by atoms with Crippen molar-refractivity contribution in [1.29, 1.82) is 0 Å². The Hall–Kier alpha value is -2.47. The number of hydrogen-bond donors (Lipinski definition) is 0. The molecule has 0 fully saturated rings. The van der Waals surface area contributed by atoms with E-state index in [-0.39, 0.29) is 5.78 Å². The van der Waals surface area contributed by atoms with Gasteiger partial charge in [0.05, 0.1) is 5.69 Å². The molecule has 0 amide bonds. The predicted molar refractivity (Wildman–Crippen MR) is 109 cm³/mol. The Labute approximate surface area is 164 Å². The monoisotopic (exact) mass is 380 g/mol. The van der Waals surface area contributed by atoms with Crippen LogP contribution >= 0.6 is 11.8 Å². The minimum absolute atomic E-state index is 0.108. The minimum atomic E-state index is 0.108. The zero-order chi connectivity index (χ0) is 19.7. The van der Waals surface area contributed by atoms with E-state index in [0.29, 0.717) is 5.75 Å². The van der Waals surface area contributed by atoms with E-state index in [1.165, 1.54) is 16.7 Å². The first-order valence-corrected chi connectivity index (χ1v) is 9.87. The highest BCUT2D eigenvalue weighted by Gasteiger charge is 2.17. The van der Waals surface area contributed by atoms with Gasteiger partial charge in [-0.1, -0.05) is 35.5 Å². The van der Waals surface area contributed by atoms with Crippen molar-refractivity contribution in [3.8, 4) is 5.69 Å². The van der Waals surface area contributed by atoms with Gasteiger partial charge in [0.25, 0.3) is 0 Å². The van der Waals surface area contributed by atoms with Crippen molar-refractivity contribution in [2.24, 2.45) is 0 Å². The van der Waals surface area contributed by atoms with E-state index < -0.39 is 0 Å². The number of aryl methyl sites for hydroxylation is 4. The summed E-state index contributed by atoms with van der Waals surface area (Å²) in [6, 6.07) is 8.32. The lowest BCUT2D eigenvalue weighted by atomic mass is 9.92. The molecule has 0 saturated heterocycles. The third-order valence-electron chi connectivity index (χ3n) is 4.85. The Morgan fingerprint density at radius 1 is 1.04 bits per heavy atom. The quantitative estimate of drug-likeness (QED) is 0.474. The molecule has 0 spiro atoms. The van der Waals surface area contributed by atoms with Crippen LogP contribution in [-0.4, -0.2) is 26.0 Å². The maximum Gasteiger partial charge on any atom is 0.214 e. The maximum absolute atomic E-state index is 12.0. The van der Waals surface area contributed by atoms with Crippen LogP contribution in [-0.2, 0) is 5.75 Å². The fraction of sp³-hybridized carbons (Fsp3) is 0.333. The number of Topliss-reactive ketones (excluding diaryl/α,β-unsaturated/α-hetero) is 1. The molecule has 0 atom stereocenters. The number of tetrazole rings is 1. The Morgan fingerprint density at radius 3 is 2.44 bits per heavy atom. The number of carbonyl (C=O) groups excluding carboxylic acids is 1. The summed E-state index contributed by atoms with van der Waals surface area (Å²) in [6.07, 6.45) is 0. The Bertz CT molecular complexity index is 1020. The van der Waals surface area contributed by atoms with Gasteiger partial charge in [-0.3, -0.25) is 4.79 Å². The molecule has 3 rings (SSSR count). The van der Waals surface area contributed by atoms with Crippen LogP contribution in [0.1, 0.15) is 50.7 Å². The molecule has 1 heterocycles. The lowest BCUT2D eigenvalue weighted by Gasteiger charge is -2.15. The maximum atomic E-state index is 12.0. The smallest absolute Gasteiger partial charge is 0.214 e. The number of ketones is 1. The second-order valence-corrected chi connectivity index (χ2v) is 7.94. The molecule has 0 aliphatic carbocycles. The van der Waals surface area contributed by atoms with Gasteiger partial charge >= 0.3 is 0 Å². The summed E-state index contributed by atoms with van der Waals surface area (Å²) >= 11 is 1.58. The lowest BCUT2D eigenvalue weighted by Crippen LogP contribution is -2.06. The highest BCUT2D eigenvalue weighted by molar-refractivity contribution is 7.98. The average molecular weight is 381 g/mol. The fourth-order valence-electron chi connectivity index (χ4n) is 3.59. The van der Waals surface area contributed by atoms with Crippen LogP contribution in [0.4, 0.5) is 0 Å². The van der Waals surface area contributed by atoms with E-state index >= 15 is 0 Å². The Morgan fingerprint density at radius 2 is 1.78 bits per heavy atom. The molecule has 5 nitrogen and oxygen atoms in total. The molecule has 3 aromatic rings. The largest absolute Gasteiger partial charge is 0.294 e. The molecule has 0 radical (unpaired) electrons. The second kappa shape index (κ2) is 7.64. The minimum Gasteiger partial charge on any atom is -0.294 e. The van der Waals surface area contributed by atoms with Crippen molar-refractivity contribution < 1.29 is 4.79 Å². The lowest BCUT2D eigenvalue weighted by molar-refractivity contribution is 0.101. The summed E-state index contributed by atoms with van der Waals surface area (Å²) in [7, 11) is 0. The summed E-state index contributed by atoms with van der Waals surface area (Å²) in [5.74, 6) is 0.820. The summed E-state index contributed by atoms with van der Waals surface area (Å²) in [4.78, 5) is 12.0. The molecule has 0 N–H and O–H groups in total. The van der Waals surface area contributed by atoms with Gasteiger partial charge in [-0.2, -0.15) is 4.68 Å². The van der Waals surface area contributed by atoms with E-state index in [4.69, 9.17) is 0 Å². The summed E-state index contributed by atoms with van der Waals surface area (Å²) < 4.78 is 1.78. The van der Waals surface area contributed by atoms with Crippen LogP contribution in [0.3, 0.4) is 0 Å². The topological polar surface area (TPSA) is 60.7 Å². The summed E-state index contributed by atoms with van der Waals surface area (Å²) in [5.41, 5.74) is 8.59. The van der Waals surface area contributed by atoms with Crippen molar-refractivity contribution in [3.63, 3.8) is 0 Å². The molecule has 1 aromatic heterocycles. The number of carbonyl (C=O) groups is 1. The molecule has 0 bridgehead atoms. The van der Waals surface area contributed by atoms with Gasteiger partial charge in [0, 0.05) is 11.3 Å². The van der Waals surface area contributed by atoms with Gasteiger partial charge in [-0.25, -0.2) is 0 Å². The molecular weight excluding hydrogens is 356 g/mol. The molecule has 2 aromatic carbocycles. The second-order valence-electron chi connectivity index (χ2n) is 7.00. The zero-order valence-corrected chi connectivity index (χ0v) is 17.4. The fourth-order valence-corrected chi connectivity index (χ4v) is 4.66. The van der Waals surface area contributed by atoms with E-state index in [1.807, 2.05) is 19.9 Å². The van der Waals surface area contributed by atoms with Crippen LogP contribution in [0, 0.1) is 34.6 Å². The molecule has 140 valence electrons. The third-order valence-corrected chi connectivity index (χ3v) is 5.80. The number of hydrogen-bond acceptors (Lipinski definition) is 5. The normalized spacial score (nSPS) is 11.0. The van der Waals surface area contributed by atoms with E-state index in [2.05, 4.69) is 54.5 Å². The molecule has 0 unspecified atom stereocenters. The van der Waals surface area contributed by atoms with Crippen LogP contribution in [0.15, 0.2) is 29.4 Å². The molecule has 6 heteroatoms. The van der Waals surface area contributed by atoms with E-state index in [1.54, 1.807) is 23.4 Å². The SMILES string of the molecule is CC(=O)c1c(C)cc(C)c(CSc2nnnn2-c2ccc(C)cc2C)c1C. The van der Waals surface area contributed by atoms with Gasteiger partial charge in [0.2, 0.25) is 5.16 Å². The van der Waals surface area contributed by atoms with Crippen LogP contribution in [0.5, 0.6) is 0 Å². The van der Waals surface area contributed by atoms with Crippen molar-refractivity contribution in [3.05, 3.63) is 63.2 Å². The van der Waals surface area contributed by atoms with Crippen molar-refractivity contribution in [2.75, 3.05) is 0 Å².